The van der Waals surface area contributed by atoms with E-state index in [1.807, 2.05) is 19.1 Å². The fourth-order valence-corrected chi connectivity index (χ4v) is 7.04. The zero-order chi connectivity index (χ0) is 31.6. The topological polar surface area (TPSA) is 152 Å². The molecular weight excluding hydrogens is 604 g/mol. The number of nitrogens with two attached hydrogens (primary N) is 1. The third-order valence-corrected chi connectivity index (χ3v) is 10.0. The van der Waals surface area contributed by atoms with Crippen LogP contribution in [0.3, 0.4) is 0 Å². The summed E-state index contributed by atoms with van der Waals surface area (Å²) in [6.45, 7) is 3.82. The van der Waals surface area contributed by atoms with Gasteiger partial charge in [0.15, 0.2) is 9.84 Å². The number of nitrogens with one attached hydrogen (secondary N) is 1. The Bertz CT molecular complexity index is 1830. The molecule has 4 N–H and O–H groups in total. The van der Waals surface area contributed by atoms with Gasteiger partial charge in [-0.15, -0.1) is 0 Å². The van der Waals surface area contributed by atoms with E-state index < -0.39 is 39.7 Å². The second-order valence-corrected chi connectivity index (χ2v) is 13.1. The van der Waals surface area contributed by atoms with E-state index in [4.69, 9.17) is 22.1 Å². The van der Waals surface area contributed by atoms with E-state index in [2.05, 4.69) is 10.3 Å². The van der Waals surface area contributed by atoms with Crippen molar-refractivity contribution in [3.8, 4) is 5.75 Å². The van der Waals surface area contributed by atoms with Crippen molar-refractivity contribution in [2.24, 2.45) is 5.92 Å². The van der Waals surface area contributed by atoms with E-state index in [9.17, 15) is 23.1 Å². The van der Waals surface area contributed by atoms with Crippen LogP contribution in [0.15, 0.2) is 77.8 Å². The molecule has 1 aliphatic heterocycles. The highest BCUT2D eigenvalue weighted by Gasteiger charge is 2.45. The van der Waals surface area contributed by atoms with Crippen molar-refractivity contribution in [2.75, 3.05) is 30.0 Å². The number of aromatic nitrogens is 1. The Kier molecular flexibility index (Phi) is 8.98. The van der Waals surface area contributed by atoms with Gasteiger partial charge in [-0.2, -0.15) is 0 Å². The van der Waals surface area contributed by atoms with Crippen molar-refractivity contribution in [3.05, 3.63) is 89.1 Å². The van der Waals surface area contributed by atoms with E-state index >= 15 is 0 Å². The molecule has 3 atom stereocenters. The third kappa shape index (κ3) is 6.02. The van der Waals surface area contributed by atoms with Crippen molar-refractivity contribution >= 4 is 55.6 Å². The fourth-order valence-electron chi connectivity index (χ4n) is 5.72. The van der Waals surface area contributed by atoms with Gasteiger partial charge in [0.05, 0.1) is 34.2 Å². The van der Waals surface area contributed by atoms with Gasteiger partial charge in [0.25, 0.3) is 0 Å². The summed E-state index contributed by atoms with van der Waals surface area (Å²) in [4.78, 5) is 32.7. The van der Waals surface area contributed by atoms with E-state index in [1.54, 1.807) is 54.7 Å². The number of ether oxygens (including phenoxy) is 1. The Morgan fingerprint density at radius 3 is 2.64 bits per heavy atom. The number of benzene rings is 3. The van der Waals surface area contributed by atoms with E-state index in [0.717, 1.165) is 10.8 Å². The van der Waals surface area contributed by atoms with E-state index in [-0.39, 0.29) is 29.2 Å². The number of hydrogen-bond acceptors (Lipinski definition) is 8. The second kappa shape index (κ2) is 12.7. The highest BCUT2D eigenvalue weighted by Crippen LogP contribution is 2.42. The van der Waals surface area contributed by atoms with Crippen LogP contribution in [0.1, 0.15) is 43.5 Å². The first-order chi connectivity index (χ1) is 21.1. The van der Waals surface area contributed by atoms with Crippen LogP contribution in [0.5, 0.6) is 5.75 Å². The lowest BCUT2D eigenvalue weighted by atomic mass is 9.93. The first-order valence-corrected chi connectivity index (χ1v) is 16.3. The lowest BCUT2D eigenvalue weighted by molar-refractivity contribution is -0.143. The molecule has 1 fully saturated rings. The van der Waals surface area contributed by atoms with Crippen LogP contribution in [0.4, 0.5) is 11.5 Å². The third-order valence-electron chi connectivity index (χ3n) is 7.89. The highest BCUT2D eigenvalue weighted by molar-refractivity contribution is 7.91. The van der Waals surface area contributed by atoms with Crippen LogP contribution in [-0.2, 0) is 19.4 Å². The SMILES string of the molecule is CCOc1cc(C(Nc2ccc3c(N)nccc3c2)C(=O)N2CCC(C(=O)O)C2c2ccccc2S(=O)(=O)CC)ccc1Cl. The van der Waals surface area contributed by atoms with Crippen molar-refractivity contribution in [3.63, 3.8) is 0 Å². The van der Waals surface area contributed by atoms with Gasteiger partial charge < -0.3 is 25.8 Å². The van der Waals surface area contributed by atoms with Crippen LogP contribution < -0.4 is 15.8 Å². The quantitative estimate of drug-likeness (QED) is 0.205. The van der Waals surface area contributed by atoms with Gasteiger partial charge in [-0.1, -0.05) is 42.8 Å². The summed E-state index contributed by atoms with van der Waals surface area (Å²) in [6.07, 6.45) is 1.76. The number of fused-ring (bicyclic) bond motifs is 1. The molecule has 5 rings (SSSR count). The number of amides is 1. The molecule has 4 aromatic rings. The van der Waals surface area contributed by atoms with Gasteiger partial charge >= 0.3 is 5.97 Å². The van der Waals surface area contributed by atoms with E-state index in [0.29, 0.717) is 34.4 Å². The first-order valence-electron chi connectivity index (χ1n) is 14.2. The lowest BCUT2D eigenvalue weighted by Gasteiger charge is -2.32. The largest absolute Gasteiger partial charge is 0.492 e. The predicted octanol–water partition coefficient (Wildman–Crippen LogP) is 5.49. The number of aliphatic carboxylic acids is 1. The molecule has 0 aliphatic carbocycles. The maximum atomic E-state index is 14.6. The summed E-state index contributed by atoms with van der Waals surface area (Å²) in [7, 11) is -3.72. The van der Waals surface area contributed by atoms with Crippen molar-refractivity contribution < 1.29 is 27.9 Å². The molecule has 3 aromatic carbocycles. The number of halogens is 1. The summed E-state index contributed by atoms with van der Waals surface area (Å²) in [5.74, 6) is -1.94. The molecule has 230 valence electrons. The Morgan fingerprint density at radius 1 is 1.14 bits per heavy atom. The minimum absolute atomic E-state index is 0.0220. The van der Waals surface area contributed by atoms with Crippen LogP contribution >= 0.6 is 11.6 Å². The van der Waals surface area contributed by atoms with Crippen LogP contribution in [0.25, 0.3) is 10.8 Å². The maximum absolute atomic E-state index is 14.6. The van der Waals surface area contributed by atoms with Gasteiger partial charge in [-0.25, -0.2) is 13.4 Å². The normalized spacial score (nSPS) is 17.4. The number of carbonyl (C=O) groups is 2. The second-order valence-electron chi connectivity index (χ2n) is 10.5. The zero-order valence-electron chi connectivity index (χ0n) is 24.2. The molecule has 1 amide bonds. The number of rotatable bonds is 10. The molecule has 3 unspecified atom stereocenters. The molecule has 12 heteroatoms. The lowest BCUT2D eigenvalue weighted by Crippen LogP contribution is -2.39. The Hall–Kier alpha value is -4.35. The molecule has 0 spiro atoms. The molecule has 0 radical (unpaired) electrons. The number of anilines is 2. The van der Waals surface area contributed by atoms with Crippen LogP contribution in [0, 0.1) is 5.92 Å². The predicted molar refractivity (Wildman–Crippen MR) is 170 cm³/mol. The number of carboxylic acid groups (broad SMARTS) is 1. The van der Waals surface area contributed by atoms with Crippen molar-refractivity contribution in [1.29, 1.82) is 0 Å². The van der Waals surface area contributed by atoms with Crippen molar-refractivity contribution in [1.82, 2.24) is 9.88 Å². The average Bonchev–Trinajstić information content (AvgIpc) is 3.47. The fraction of sp³-hybridized carbons (Fsp3) is 0.281. The highest BCUT2D eigenvalue weighted by atomic mass is 35.5. The molecular formula is C32H33ClN4O6S. The molecule has 0 bridgehead atoms. The number of nitrogen functional groups attached to an aromatic ring is 1. The number of carboxylic acids is 1. The van der Waals surface area contributed by atoms with Gasteiger partial charge in [0, 0.05) is 23.8 Å². The van der Waals surface area contributed by atoms with Crippen LogP contribution in [-0.4, -0.2) is 54.2 Å². The molecule has 1 saturated heterocycles. The van der Waals surface area contributed by atoms with Crippen molar-refractivity contribution in [2.45, 2.75) is 37.2 Å². The zero-order valence-corrected chi connectivity index (χ0v) is 25.8. The number of sulfone groups is 1. The summed E-state index contributed by atoms with van der Waals surface area (Å²) in [5, 5.41) is 15.4. The number of nitrogens with zero attached hydrogens (tertiary/aromatic N) is 2. The first kappa shape index (κ1) is 31.1. The Balaban J connectivity index is 1.62. The minimum atomic E-state index is -3.72. The number of likely N-dealkylation sites (tertiary alicyclic amines) is 1. The van der Waals surface area contributed by atoms with Gasteiger partial charge in [0.1, 0.15) is 17.6 Å². The summed E-state index contributed by atoms with van der Waals surface area (Å²) < 4.78 is 31.9. The summed E-state index contributed by atoms with van der Waals surface area (Å²) in [5.41, 5.74) is 7.46. The molecule has 2 heterocycles. The summed E-state index contributed by atoms with van der Waals surface area (Å²) in [6, 6.07) is 16.6. The molecule has 44 heavy (non-hydrogen) atoms. The van der Waals surface area contributed by atoms with Gasteiger partial charge in [0.2, 0.25) is 5.91 Å². The Morgan fingerprint density at radius 2 is 1.91 bits per heavy atom. The van der Waals surface area contributed by atoms with E-state index in [1.165, 1.54) is 17.9 Å². The van der Waals surface area contributed by atoms with Crippen LogP contribution in [0.2, 0.25) is 5.02 Å². The van der Waals surface area contributed by atoms with Gasteiger partial charge in [-0.3, -0.25) is 9.59 Å². The smallest absolute Gasteiger partial charge is 0.309 e. The number of hydrogen-bond donors (Lipinski definition) is 3. The Labute approximate surface area is 260 Å². The minimum Gasteiger partial charge on any atom is -0.492 e. The van der Waals surface area contributed by atoms with Gasteiger partial charge in [-0.05, 0) is 72.3 Å². The maximum Gasteiger partial charge on any atom is 0.309 e. The standard InChI is InChI=1S/C32H33ClN4O6S/c1-3-43-26-18-20(9-12-25(26)33)28(36-21-10-11-22-19(17-21)13-15-35-30(22)34)31(38)37-16-14-24(32(39)40)29(37)23-7-5-6-8-27(23)44(41,42)4-2/h5-13,15,17-18,24,28-29,36H,3-4,14,16H2,1-2H3,(H2,34,35)(H,39,40). The average molecular weight is 637 g/mol. The molecule has 0 saturated carbocycles. The number of carbonyl (C=O) groups excluding carboxylic acids is 1. The molecule has 1 aromatic heterocycles. The summed E-state index contributed by atoms with van der Waals surface area (Å²) >= 11 is 6.38. The molecule has 1 aliphatic rings. The number of pyridine rings is 1. The monoisotopic (exact) mass is 636 g/mol. The molecule has 10 nitrogen and oxygen atoms in total.